The van der Waals surface area contributed by atoms with Gasteiger partial charge in [0.2, 0.25) is 0 Å². The lowest BCUT2D eigenvalue weighted by Gasteiger charge is -2.04. The molecule has 5 heteroatoms. The first-order valence-corrected chi connectivity index (χ1v) is 4.76. The van der Waals surface area contributed by atoms with E-state index < -0.39 is 0 Å². The molecule has 0 unspecified atom stereocenters. The highest BCUT2D eigenvalue weighted by Crippen LogP contribution is 2.18. The van der Waals surface area contributed by atoms with Crippen LogP contribution in [-0.4, -0.2) is 9.78 Å². The Bertz CT molecular complexity index is 481. The summed E-state index contributed by atoms with van der Waals surface area (Å²) in [5.74, 6) is 0.116. The second-order valence-corrected chi connectivity index (χ2v) is 3.57. The zero-order valence-corrected chi connectivity index (χ0v) is 8.58. The van der Waals surface area contributed by atoms with Crippen molar-refractivity contribution in [2.75, 3.05) is 5.73 Å². The summed E-state index contributed by atoms with van der Waals surface area (Å²) in [5, 5.41) is 4.39. The zero-order chi connectivity index (χ0) is 10.8. The number of hydrogen-bond donors (Lipinski definition) is 1. The highest BCUT2D eigenvalue weighted by atomic mass is 35.5. The summed E-state index contributed by atoms with van der Waals surface area (Å²) < 4.78 is 14.4. The number of aromatic nitrogens is 2. The van der Waals surface area contributed by atoms with Gasteiger partial charge >= 0.3 is 0 Å². The first-order chi connectivity index (χ1) is 7.16. The predicted molar refractivity (Wildman–Crippen MR) is 57.2 cm³/mol. The lowest BCUT2D eigenvalue weighted by Crippen LogP contribution is -2.05. The van der Waals surface area contributed by atoms with Gasteiger partial charge < -0.3 is 5.73 Å². The van der Waals surface area contributed by atoms with Crippen molar-refractivity contribution in [1.29, 1.82) is 0 Å². The Hall–Kier alpha value is -1.55. The average Bonchev–Trinajstić information content (AvgIpc) is 2.50. The minimum absolute atomic E-state index is 0.274. The molecule has 1 aromatic carbocycles. The molecular formula is C10H9ClFN3. The second-order valence-electron chi connectivity index (χ2n) is 3.17. The smallest absolute Gasteiger partial charge is 0.140 e. The van der Waals surface area contributed by atoms with Crippen molar-refractivity contribution in [3.63, 3.8) is 0 Å². The van der Waals surface area contributed by atoms with E-state index in [-0.39, 0.29) is 5.82 Å². The molecular weight excluding hydrogens is 217 g/mol. The van der Waals surface area contributed by atoms with Crippen molar-refractivity contribution in [2.45, 2.75) is 6.54 Å². The Labute approximate surface area is 91.3 Å². The Morgan fingerprint density at radius 3 is 2.87 bits per heavy atom. The first-order valence-electron chi connectivity index (χ1n) is 4.38. The van der Waals surface area contributed by atoms with E-state index in [2.05, 4.69) is 5.10 Å². The average molecular weight is 226 g/mol. The number of nitrogen functional groups attached to an aromatic ring is 1. The molecule has 3 nitrogen and oxygen atoms in total. The van der Waals surface area contributed by atoms with Gasteiger partial charge in [-0.3, -0.25) is 0 Å². The van der Waals surface area contributed by atoms with Crippen molar-refractivity contribution in [3.05, 3.63) is 46.9 Å². The zero-order valence-electron chi connectivity index (χ0n) is 7.82. The van der Waals surface area contributed by atoms with Crippen molar-refractivity contribution < 1.29 is 4.39 Å². The van der Waals surface area contributed by atoms with Crippen LogP contribution >= 0.6 is 11.6 Å². The standard InChI is InChI=1S/C10H9ClFN3/c11-9-5-14-15(10(9)13)6-7-2-1-3-8(12)4-7/h1-5H,6,13H2. The van der Waals surface area contributed by atoms with Crippen LogP contribution in [0.4, 0.5) is 10.2 Å². The van der Waals surface area contributed by atoms with Crippen molar-refractivity contribution in [3.8, 4) is 0 Å². The van der Waals surface area contributed by atoms with Gasteiger partial charge in [-0.2, -0.15) is 5.10 Å². The Balaban J connectivity index is 2.26. The maximum absolute atomic E-state index is 12.9. The van der Waals surface area contributed by atoms with Gasteiger partial charge in [-0.25, -0.2) is 9.07 Å². The summed E-state index contributed by atoms with van der Waals surface area (Å²) in [4.78, 5) is 0. The third-order valence-electron chi connectivity index (χ3n) is 2.05. The molecule has 0 bridgehead atoms. The molecule has 0 aliphatic rings. The maximum Gasteiger partial charge on any atom is 0.140 e. The summed E-state index contributed by atoms with van der Waals surface area (Å²) in [5.41, 5.74) is 6.46. The van der Waals surface area contributed by atoms with E-state index in [4.69, 9.17) is 17.3 Å². The number of nitrogens with zero attached hydrogens (tertiary/aromatic N) is 2. The van der Waals surface area contributed by atoms with E-state index >= 15 is 0 Å². The lowest BCUT2D eigenvalue weighted by atomic mass is 10.2. The van der Waals surface area contributed by atoms with Crippen molar-refractivity contribution in [1.82, 2.24) is 9.78 Å². The number of benzene rings is 1. The molecule has 0 aliphatic heterocycles. The third-order valence-corrected chi connectivity index (χ3v) is 2.35. The highest BCUT2D eigenvalue weighted by Gasteiger charge is 2.05. The second kappa shape index (κ2) is 3.90. The lowest BCUT2D eigenvalue weighted by molar-refractivity contribution is 0.620. The summed E-state index contributed by atoms with van der Waals surface area (Å²) in [6.45, 7) is 0.413. The molecule has 78 valence electrons. The molecule has 0 spiro atoms. The molecule has 0 saturated carbocycles. The topological polar surface area (TPSA) is 43.8 Å². The molecule has 0 saturated heterocycles. The van der Waals surface area contributed by atoms with E-state index in [0.29, 0.717) is 17.4 Å². The Morgan fingerprint density at radius 2 is 2.27 bits per heavy atom. The molecule has 15 heavy (non-hydrogen) atoms. The molecule has 2 N–H and O–H groups in total. The number of nitrogens with two attached hydrogens (primary N) is 1. The summed E-state index contributed by atoms with van der Waals surface area (Å²) in [7, 11) is 0. The Kier molecular flexibility index (Phi) is 2.60. The minimum atomic E-state index is -0.274. The molecule has 1 aromatic heterocycles. The molecule has 0 atom stereocenters. The van der Waals surface area contributed by atoms with Gasteiger partial charge in [0.1, 0.15) is 16.7 Å². The van der Waals surface area contributed by atoms with Gasteiger partial charge in [-0.1, -0.05) is 23.7 Å². The van der Waals surface area contributed by atoms with Crippen LogP contribution in [0.15, 0.2) is 30.5 Å². The van der Waals surface area contributed by atoms with Crippen molar-refractivity contribution in [2.24, 2.45) is 0 Å². The van der Waals surface area contributed by atoms with Gasteiger partial charge in [0, 0.05) is 0 Å². The van der Waals surface area contributed by atoms with Crippen LogP contribution in [0.1, 0.15) is 5.56 Å². The van der Waals surface area contributed by atoms with Crippen LogP contribution in [0.5, 0.6) is 0 Å². The van der Waals surface area contributed by atoms with E-state index in [1.807, 2.05) is 0 Å². The fourth-order valence-corrected chi connectivity index (χ4v) is 1.45. The van der Waals surface area contributed by atoms with Crippen LogP contribution < -0.4 is 5.73 Å². The van der Waals surface area contributed by atoms with Gasteiger partial charge in [0.15, 0.2) is 0 Å². The van der Waals surface area contributed by atoms with Crippen LogP contribution in [-0.2, 0) is 6.54 Å². The van der Waals surface area contributed by atoms with Crippen LogP contribution in [0.3, 0.4) is 0 Å². The minimum Gasteiger partial charge on any atom is -0.383 e. The Morgan fingerprint density at radius 1 is 1.47 bits per heavy atom. The quantitative estimate of drug-likeness (QED) is 0.853. The highest BCUT2D eigenvalue weighted by molar-refractivity contribution is 6.32. The molecule has 1 heterocycles. The predicted octanol–water partition coefficient (Wildman–Crippen LogP) is 2.31. The summed E-state index contributed by atoms with van der Waals surface area (Å²) in [6, 6.07) is 6.28. The normalized spacial score (nSPS) is 10.5. The molecule has 0 amide bonds. The molecule has 2 aromatic rings. The fraction of sp³-hybridized carbons (Fsp3) is 0.100. The summed E-state index contributed by atoms with van der Waals surface area (Å²) >= 11 is 5.74. The third kappa shape index (κ3) is 2.10. The number of hydrogen-bond acceptors (Lipinski definition) is 2. The molecule has 0 radical (unpaired) electrons. The molecule has 2 rings (SSSR count). The van der Waals surface area contributed by atoms with Gasteiger partial charge in [0.05, 0.1) is 12.7 Å². The van der Waals surface area contributed by atoms with Gasteiger partial charge in [0.25, 0.3) is 0 Å². The number of rotatable bonds is 2. The van der Waals surface area contributed by atoms with E-state index in [1.54, 1.807) is 12.1 Å². The number of halogens is 2. The van der Waals surface area contributed by atoms with Gasteiger partial charge in [-0.15, -0.1) is 0 Å². The monoisotopic (exact) mass is 225 g/mol. The van der Waals surface area contributed by atoms with Crippen LogP contribution in [0.2, 0.25) is 5.02 Å². The molecule has 0 aliphatic carbocycles. The number of anilines is 1. The SMILES string of the molecule is Nc1c(Cl)cnn1Cc1cccc(F)c1. The van der Waals surface area contributed by atoms with Crippen molar-refractivity contribution >= 4 is 17.4 Å². The van der Waals surface area contributed by atoms with E-state index in [9.17, 15) is 4.39 Å². The van der Waals surface area contributed by atoms with Crippen LogP contribution in [0.25, 0.3) is 0 Å². The molecule has 0 fully saturated rings. The van der Waals surface area contributed by atoms with E-state index in [1.165, 1.54) is 23.0 Å². The summed E-state index contributed by atoms with van der Waals surface area (Å²) in [6.07, 6.45) is 1.47. The van der Waals surface area contributed by atoms with Crippen LogP contribution in [0, 0.1) is 5.82 Å². The maximum atomic E-state index is 12.9. The van der Waals surface area contributed by atoms with Gasteiger partial charge in [-0.05, 0) is 17.7 Å². The largest absolute Gasteiger partial charge is 0.383 e. The van der Waals surface area contributed by atoms with E-state index in [0.717, 1.165) is 5.56 Å². The first kappa shape index (κ1) is 9.98. The fourth-order valence-electron chi connectivity index (χ4n) is 1.31.